The molecule has 2 aromatic heterocycles. The molecule has 0 aromatic carbocycles. The van der Waals surface area contributed by atoms with Crippen molar-refractivity contribution in [3.05, 3.63) is 53.6 Å². The number of amides is 1. The van der Waals surface area contributed by atoms with Crippen molar-refractivity contribution < 1.29 is 9.90 Å². The number of aryl methyl sites for hydroxylation is 1. The van der Waals surface area contributed by atoms with Crippen LogP contribution in [0, 0.1) is 18.8 Å². The number of aliphatic hydroxyl groups excluding tert-OH is 1. The molecule has 0 aliphatic heterocycles. The van der Waals surface area contributed by atoms with Crippen LogP contribution in [0.5, 0.6) is 0 Å². The molecule has 2 aromatic rings. The zero-order chi connectivity index (χ0) is 14.4. The minimum atomic E-state index is -0.278. The molecule has 100 valence electrons. The smallest absolute Gasteiger partial charge is 0.257 e. The second-order valence-electron chi connectivity index (χ2n) is 4.02. The van der Waals surface area contributed by atoms with Crippen molar-refractivity contribution in [1.29, 1.82) is 0 Å². The Hall–Kier alpha value is -2.71. The summed E-state index contributed by atoms with van der Waals surface area (Å²) in [5.41, 5.74) is 2.37. The summed E-state index contributed by atoms with van der Waals surface area (Å²) in [6.07, 6.45) is 4.65. The third-order valence-corrected chi connectivity index (χ3v) is 2.52. The van der Waals surface area contributed by atoms with Gasteiger partial charge in [0.15, 0.2) is 0 Å². The first-order valence-electron chi connectivity index (χ1n) is 5.98. The van der Waals surface area contributed by atoms with Crippen molar-refractivity contribution in [2.75, 3.05) is 11.9 Å². The van der Waals surface area contributed by atoms with Gasteiger partial charge in [0.2, 0.25) is 0 Å². The van der Waals surface area contributed by atoms with E-state index in [2.05, 4.69) is 27.1 Å². The predicted molar refractivity (Wildman–Crippen MR) is 75.1 cm³/mol. The lowest BCUT2D eigenvalue weighted by Gasteiger charge is -2.07. The number of aromatic nitrogens is 2. The van der Waals surface area contributed by atoms with Gasteiger partial charge < -0.3 is 10.4 Å². The van der Waals surface area contributed by atoms with Crippen molar-refractivity contribution in [1.82, 2.24) is 9.97 Å². The Labute approximate surface area is 116 Å². The van der Waals surface area contributed by atoms with E-state index in [1.165, 1.54) is 12.4 Å². The number of rotatable bonds is 2. The van der Waals surface area contributed by atoms with E-state index in [-0.39, 0.29) is 12.5 Å². The monoisotopic (exact) mass is 267 g/mol. The maximum atomic E-state index is 12.2. The molecule has 0 saturated carbocycles. The van der Waals surface area contributed by atoms with E-state index in [1.54, 1.807) is 24.4 Å². The zero-order valence-corrected chi connectivity index (χ0v) is 10.9. The highest BCUT2D eigenvalue weighted by molar-refractivity contribution is 6.05. The standard InChI is InChI=1S/C15H13N3O2/c1-11-9-13(4-7-17-11)18-15(20)14-5-6-16-10-12(14)3-2-8-19/h4-7,9-10,19H,8H2,1H3,(H,17,18,20). The summed E-state index contributed by atoms with van der Waals surface area (Å²) in [4.78, 5) is 20.2. The van der Waals surface area contributed by atoms with E-state index >= 15 is 0 Å². The summed E-state index contributed by atoms with van der Waals surface area (Å²) in [6.45, 7) is 1.58. The van der Waals surface area contributed by atoms with E-state index < -0.39 is 0 Å². The van der Waals surface area contributed by atoms with Crippen LogP contribution in [-0.4, -0.2) is 27.6 Å². The average molecular weight is 267 g/mol. The fraction of sp³-hybridized carbons (Fsp3) is 0.133. The Bertz CT molecular complexity index is 687. The van der Waals surface area contributed by atoms with Crippen molar-refractivity contribution in [3.8, 4) is 11.8 Å². The predicted octanol–water partition coefficient (Wildman–Crippen LogP) is 1.38. The number of carbonyl (C=O) groups excluding carboxylic acids is 1. The lowest BCUT2D eigenvalue weighted by atomic mass is 10.1. The van der Waals surface area contributed by atoms with Gasteiger partial charge in [0, 0.05) is 30.0 Å². The van der Waals surface area contributed by atoms with Gasteiger partial charge in [-0.2, -0.15) is 0 Å². The molecule has 0 atom stereocenters. The first-order chi connectivity index (χ1) is 9.70. The highest BCUT2D eigenvalue weighted by Gasteiger charge is 2.10. The van der Waals surface area contributed by atoms with Crippen LogP contribution in [0.25, 0.3) is 0 Å². The molecule has 5 nitrogen and oxygen atoms in total. The Morgan fingerprint density at radius 2 is 2.25 bits per heavy atom. The molecule has 2 rings (SSSR count). The molecular formula is C15H13N3O2. The van der Waals surface area contributed by atoms with Crippen LogP contribution in [0.1, 0.15) is 21.6 Å². The van der Waals surface area contributed by atoms with E-state index in [4.69, 9.17) is 5.11 Å². The lowest BCUT2D eigenvalue weighted by molar-refractivity contribution is 0.102. The van der Waals surface area contributed by atoms with Crippen molar-refractivity contribution >= 4 is 11.6 Å². The number of hydrogen-bond acceptors (Lipinski definition) is 4. The Kier molecular flexibility index (Phi) is 4.43. The fourth-order valence-electron chi connectivity index (χ4n) is 1.65. The van der Waals surface area contributed by atoms with Gasteiger partial charge in [-0.3, -0.25) is 14.8 Å². The highest BCUT2D eigenvalue weighted by atomic mass is 16.2. The Balaban J connectivity index is 2.25. The largest absolute Gasteiger partial charge is 0.384 e. The van der Waals surface area contributed by atoms with Gasteiger partial charge in [-0.25, -0.2) is 0 Å². The number of nitrogens with one attached hydrogen (secondary N) is 1. The summed E-state index contributed by atoms with van der Waals surface area (Å²) in [5, 5.41) is 11.5. The quantitative estimate of drug-likeness (QED) is 0.806. The molecule has 2 N–H and O–H groups in total. The van der Waals surface area contributed by atoms with Crippen molar-refractivity contribution in [2.45, 2.75) is 6.92 Å². The van der Waals surface area contributed by atoms with Gasteiger partial charge in [-0.1, -0.05) is 11.8 Å². The van der Waals surface area contributed by atoms with E-state index in [0.717, 1.165) is 5.69 Å². The second kappa shape index (κ2) is 6.45. The maximum absolute atomic E-state index is 12.2. The molecule has 0 aliphatic carbocycles. The number of aliphatic hydroxyl groups is 1. The van der Waals surface area contributed by atoms with Crippen LogP contribution in [0.3, 0.4) is 0 Å². The third-order valence-electron chi connectivity index (χ3n) is 2.52. The molecule has 0 saturated heterocycles. The number of carbonyl (C=O) groups is 1. The SMILES string of the molecule is Cc1cc(NC(=O)c2ccncc2C#CCO)ccn1. The summed E-state index contributed by atoms with van der Waals surface area (Å²) in [6, 6.07) is 5.08. The molecular weight excluding hydrogens is 254 g/mol. The molecule has 1 amide bonds. The van der Waals surface area contributed by atoms with Gasteiger partial charge >= 0.3 is 0 Å². The summed E-state index contributed by atoms with van der Waals surface area (Å²) in [5.74, 6) is 4.94. The molecule has 0 aliphatic rings. The van der Waals surface area contributed by atoms with Crippen molar-refractivity contribution in [2.24, 2.45) is 0 Å². The number of pyridine rings is 2. The van der Waals surface area contributed by atoms with E-state index in [0.29, 0.717) is 16.8 Å². The molecule has 2 heterocycles. The molecule has 0 fully saturated rings. The molecule has 0 bridgehead atoms. The van der Waals surface area contributed by atoms with Crippen molar-refractivity contribution in [3.63, 3.8) is 0 Å². The van der Waals surface area contributed by atoms with Gasteiger partial charge in [0.25, 0.3) is 5.91 Å². The minimum absolute atomic E-state index is 0.264. The second-order valence-corrected chi connectivity index (χ2v) is 4.02. The summed E-state index contributed by atoms with van der Waals surface area (Å²) >= 11 is 0. The maximum Gasteiger partial charge on any atom is 0.257 e. The van der Waals surface area contributed by atoms with Crippen LogP contribution in [0.2, 0.25) is 0 Å². The Morgan fingerprint density at radius 1 is 1.40 bits per heavy atom. The first kappa shape index (κ1) is 13.7. The normalized spacial score (nSPS) is 9.50. The van der Waals surface area contributed by atoms with Gasteiger partial charge in [-0.15, -0.1) is 0 Å². The van der Waals surface area contributed by atoms with Crippen LogP contribution in [0.15, 0.2) is 36.8 Å². The van der Waals surface area contributed by atoms with E-state index in [1.807, 2.05) is 6.92 Å². The zero-order valence-electron chi connectivity index (χ0n) is 10.9. The first-order valence-corrected chi connectivity index (χ1v) is 5.98. The lowest BCUT2D eigenvalue weighted by Crippen LogP contribution is -2.14. The molecule has 0 unspecified atom stereocenters. The van der Waals surface area contributed by atoms with Crippen LogP contribution in [-0.2, 0) is 0 Å². The third kappa shape index (κ3) is 3.40. The molecule has 5 heteroatoms. The van der Waals surface area contributed by atoms with Gasteiger partial charge in [0.1, 0.15) is 6.61 Å². The molecule has 0 spiro atoms. The van der Waals surface area contributed by atoms with Crippen LogP contribution < -0.4 is 5.32 Å². The van der Waals surface area contributed by atoms with E-state index in [9.17, 15) is 4.79 Å². The van der Waals surface area contributed by atoms with Crippen LogP contribution >= 0.6 is 0 Å². The Morgan fingerprint density at radius 3 is 3.00 bits per heavy atom. The fourth-order valence-corrected chi connectivity index (χ4v) is 1.65. The van der Waals surface area contributed by atoms with Gasteiger partial charge in [-0.05, 0) is 25.1 Å². The average Bonchev–Trinajstić information content (AvgIpc) is 2.45. The summed E-state index contributed by atoms with van der Waals surface area (Å²) in [7, 11) is 0. The number of nitrogens with zero attached hydrogens (tertiary/aromatic N) is 2. The summed E-state index contributed by atoms with van der Waals surface area (Å²) < 4.78 is 0. The molecule has 0 radical (unpaired) electrons. The van der Waals surface area contributed by atoms with Crippen LogP contribution in [0.4, 0.5) is 5.69 Å². The number of anilines is 1. The molecule has 20 heavy (non-hydrogen) atoms. The van der Waals surface area contributed by atoms with Gasteiger partial charge in [0.05, 0.1) is 11.1 Å². The highest BCUT2D eigenvalue weighted by Crippen LogP contribution is 2.12. The minimum Gasteiger partial charge on any atom is -0.384 e. The number of hydrogen-bond donors (Lipinski definition) is 2. The topological polar surface area (TPSA) is 75.1 Å².